The van der Waals surface area contributed by atoms with Gasteiger partial charge in [-0.1, -0.05) is 25.5 Å². The Morgan fingerprint density at radius 1 is 1.06 bits per heavy atom. The molecule has 0 aromatic heterocycles. The van der Waals surface area contributed by atoms with Crippen LogP contribution < -0.4 is 5.73 Å². The Bertz CT molecular complexity index is 279. The lowest BCUT2D eigenvalue weighted by Crippen LogP contribution is -2.21. The highest BCUT2D eigenvalue weighted by atomic mass is 15.1. The number of aryl methyl sites for hydroxylation is 1. The van der Waals surface area contributed by atoms with Crippen LogP contribution in [-0.4, -0.2) is 25.0 Å². The van der Waals surface area contributed by atoms with Gasteiger partial charge in [-0.3, -0.25) is 0 Å². The van der Waals surface area contributed by atoms with Gasteiger partial charge in [-0.2, -0.15) is 0 Å². The first-order valence-electron chi connectivity index (χ1n) is 6.25. The van der Waals surface area contributed by atoms with Crippen molar-refractivity contribution in [2.45, 2.75) is 32.6 Å². The summed E-state index contributed by atoms with van der Waals surface area (Å²) in [4.78, 5) is 2.42. The first-order valence-corrected chi connectivity index (χ1v) is 6.25. The lowest BCUT2D eigenvalue weighted by atomic mass is 10.1. The zero-order valence-electron chi connectivity index (χ0n) is 10.6. The standard InChI is InChI=1S/C14H24N2/c1-3-4-11-16(2)12-5-6-13-7-9-14(15)10-8-13/h7-10H,3-6,11-12,15H2,1-2H3. The maximum absolute atomic E-state index is 5.65. The maximum atomic E-state index is 5.65. The number of hydrogen-bond acceptors (Lipinski definition) is 2. The number of nitrogens with zero attached hydrogens (tertiary/aromatic N) is 1. The molecule has 0 saturated carbocycles. The van der Waals surface area contributed by atoms with Gasteiger partial charge in [0.25, 0.3) is 0 Å². The van der Waals surface area contributed by atoms with E-state index in [4.69, 9.17) is 5.73 Å². The van der Waals surface area contributed by atoms with Crippen LogP contribution in [0.15, 0.2) is 24.3 Å². The second-order valence-electron chi connectivity index (χ2n) is 4.50. The van der Waals surface area contributed by atoms with E-state index in [1.54, 1.807) is 0 Å². The average molecular weight is 220 g/mol. The van der Waals surface area contributed by atoms with Gasteiger partial charge in [0.2, 0.25) is 0 Å². The molecule has 0 saturated heterocycles. The fraction of sp³-hybridized carbons (Fsp3) is 0.571. The fourth-order valence-corrected chi connectivity index (χ4v) is 1.78. The highest BCUT2D eigenvalue weighted by Crippen LogP contribution is 2.08. The molecule has 2 nitrogen and oxygen atoms in total. The van der Waals surface area contributed by atoms with Gasteiger partial charge < -0.3 is 10.6 Å². The average Bonchev–Trinajstić information content (AvgIpc) is 2.29. The zero-order chi connectivity index (χ0) is 11.8. The monoisotopic (exact) mass is 220 g/mol. The van der Waals surface area contributed by atoms with Crippen LogP contribution >= 0.6 is 0 Å². The highest BCUT2D eigenvalue weighted by molar-refractivity contribution is 5.39. The molecule has 0 unspecified atom stereocenters. The number of nitrogens with two attached hydrogens (primary N) is 1. The third kappa shape index (κ3) is 5.17. The van der Waals surface area contributed by atoms with Crippen LogP contribution in [0.2, 0.25) is 0 Å². The van der Waals surface area contributed by atoms with Gasteiger partial charge in [-0.25, -0.2) is 0 Å². The van der Waals surface area contributed by atoms with Crippen molar-refractivity contribution in [1.29, 1.82) is 0 Å². The van der Waals surface area contributed by atoms with E-state index in [0.717, 1.165) is 12.1 Å². The van der Waals surface area contributed by atoms with Crippen molar-refractivity contribution in [1.82, 2.24) is 4.90 Å². The van der Waals surface area contributed by atoms with E-state index in [1.807, 2.05) is 12.1 Å². The SMILES string of the molecule is CCCCN(C)CCCc1ccc(N)cc1. The Hall–Kier alpha value is -1.02. The van der Waals surface area contributed by atoms with E-state index >= 15 is 0 Å². The first-order chi connectivity index (χ1) is 7.72. The Balaban J connectivity index is 2.17. The van der Waals surface area contributed by atoms with Gasteiger partial charge in [0, 0.05) is 5.69 Å². The molecule has 1 aromatic carbocycles. The topological polar surface area (TPSA) is 29.3 Å². The van der Waals surface area contributed by atoms with E-state index < -0.39 is 0 Å². The van der Waals surface area contributed by atoms with Gasteiger partial charge in [0.05, 0.1) is 0 Å². The van der Waals surface area contributed by atoms with Crippen LogP contribution in [0.25, 0.3) is 0 Å². The summed E-state index contributed by atoms with van der Waals surface area (Å²) in [5, 5.41) is 0. The third-order valence-corrected chi connectivity index (χ3v) is 2.88. The van der Waals surface area contributed by atoms with Gasteiger partial charge in [0.15, 0.2) is 0 Å². The smallest absolute Gasteiger partial charge is 0.0314 e. The molecule has 0 heterocycles. The summed E-state index contributed by atoms with van der Waals surface area (Å²) in [5.41, 5.74) is 7.89. The number of benzene rings is 1. The molecule has 0 radical (unpaired) electrons. The molecule has 1 rings (SSSR count). The Morgan fingerprint density at radius 3 is 2.31 bits per heavy atom. The predicted molar refractivity (Wildman–Crippen MR) is 71.6 cm³/mol. The first kappa shape index (κ1) is 13.0. The van der Waals surface area contributed by atoms with Crippen LogP contribution in [0.4, 0.5) is 5.69 Å². The van der Waals surface area contributed by atoms with Crippen molar-refractivity contribution in [3.8, 4) is 0 Å². The normalized spacial score (nSPS) is 10.9. The summed E-state index contributed by atoms with van der Waals surface area (Å²) >= 11 is 0. The number of hydrogen-bond donors (Lipinski definition) is 1. The van der Waals surface area contributed by atoms with Crippen LogP contribution in [0.5, 0.6) is 0 Å². The van der Waals surface area contributed by atoms with Crippen molar-refractivity contribution in [2.24, 2.45) is 0 Å². The van der Waals surface area contributed by atoms with Crippen molar-refractivity contribution in [3.63, 3.8) is 0 Å². The minimum Gasteiger partial charge on any atom is -0.399 e. The number of nitrogen functional groups attached to an aromatic ring is 1. The van der Waals surface area contributed by atoms with Crippen LogP contribution in [0.3, 0.4) is 0 Å². The second-order valence-corrected chi connectivity index (χ2v) is 4.50. The maximum Gasteiger partial charge on any atom is 0.0314 e. The summed E-state index contributed by atoms with van der Waals surface area (Å²) in [6, 6.07) is 8.22. The molecule has 0 aliphatic rings. The molecule has 90 valence electrons. The molecule has 0 atom stereocenters. The quantitative estimate of drug-likeness (QED) is 0.716. The highest BCUT2D eigenvalue weighted by Gasteiger charge is 1.98. The number of anilines is 1. The van der Waals surface area contributed by atoms with Gasteiger partial charge in [-0.15, -0.1) is 0 Å². The van der Waals surface area contributed by atoms with Gasteiger partial charge >= 0.3 is 0 Å². The van der Waals surface area contributed by atoms with Crippen molar-refractivity contribution >= 4 is 5.69 Å². The Kier molecular flexibility index (Phi) is 5.94. The molecule has 0 fully saturated rings. The molecule has 0 bridgehead atoms. The third-order valence-electron chi connectivity index (χ3n) is 2.88. The van der Waals surface area contributed by atoms with Crippen LogP contribution in [0.1, 0.15) is 31.7 Å². The molecule has 2 heteroatoms. The van der Waals surface area contributed by atoms with E-state index in [9.17, 15) is 0 Å². The molecule has 1 aromatic rings. The van der Waals surface area contributed by atoms with E-state index in [-0.39, 0.29) is 0 Å². The minimum atomic E-state index is 0.851. The molecule has 0 aliphatic heterocycles. The summed E-state index contributed by atoms with van der Waals surface area (Å²) in [7, 11) is 2.21. The summed E-state index contributed by atoms with van der Waals surface area (Å²) in [6.45, 7) is 4.64. The zero-order valence-corrected chi connectivity index (χ0v) is 10.6. The fourth-order valence-electron chi connectivity index (χ4n) is 1.78. The lowest BCUT2D eigenvalue weighted by molar-refractivity contribution is 0.324. The second kappa shape index (κ2) is 7.29. The lowest BCUT2D eigenvalue weighted by Gasteiger charge is -2.15. The summed E-state index contributed by atoms with van der Waals surface area (Å²) in [6.07, 6.45) is 4.96. The Labute approximate surface area is 99.5 Å². The molecule has 2 N–H and O–H groups in total. The minimum absolute atomic E-state index is 0.851. The van der Waals surface area contributed by atoms with Gasteiger partial charge in [-0.05, 0) is 57.1 Å². The molecule has 0 amide bonds. The van der Waals surface area contributed by atoms with Crippen molar-refractivity contribution in [3.05, 3.63) is 29.8 Å². The molecular formula is C14H24N2. The summed E-state index contributed by atoms with van der Waals surface area (Å²) in [5.74, 6) is 0. The van der Waals surface area contributed by atoms with E-state index in [0.29, 0.717) is 0 Å². The molecule has 0 aliphatic carbocycles. The van der Waals surface area contributed by atoms with Crippen LogP contribution in [0, 0.1) is 0 Å². The predicted octanol–water partition coefficient (Wildman–Crippen LogP) is 2.93. The number of rotatable bonds is 7. The Morgan fingerprint density at radius 2 is 1.69 bits per heavy atom. The van der Waals surface area contributed by atoms with E-state index in [2.05, 4.69) is 31.0 Å². The van der Waals surface area contributed by atoms with Crippen molar-refractivity contribution in [2.75, 3.05) is 25.9 Å². The van der Waals surface area contributed by atoms with E-state index in [1.165, 1.54) is 37.9 Å². The van der Waals surface area contributed by atoms with Crippen molar-refractivity contribution < 1.29 is 0 Å². The largest absolute Gasteiger partial charge is 0.399 e. The molecule has 16 heavy (non-hydrogen) atoms. The molecule has 0 spiro atoms. The van der Waals surface area contributed by atoms with Gasteiger partial charge in [0.1, 0.15) is 0 Å². The molecular weight excluding hydrogens is 196 g/mol. The number of unbranched alkanes of at least 4 members (excludes halogenated alkanes) is 1. The van der Waals surface area contributed by atoms with Crippen LogP contribution in [-0.2, 0) is 6.42 Å². The summed E-state index contributed by atoms with van der Waals surface area (Å²) < 4.78 is 0.